The number of pyridine rings is 1. The van der Waals surface area contributed by atoms with E-state index in [9.17, 15) is 4.79 Å². The van der Waals surface area contributed by atoms with Gasteiger partial charge in [0.1, 0.15) is 23.8 Å². The smallest absolute Gasteiger partial charge is 0.257 e. The van der Waals surface area contributed by atoms with Crippen LogP contribution in [0.25, 0.3) is 16.9 Å². The van der Waals surface area contributed by atoms with Crippen LogP contribution in [-0.4, -0.2) is 72.5 Å². The van der Waals surface area contributed by atoms with Crippen molar-refractivity contribution in [3.05, 3.63) is 47.8 Å². The van der Waals surface area contributed by atoms with E-state index in [-0.39, 0.29) is 5.91 Å². The zero-order valence-corrected chi connectivity index (χ0v) is 18.0. The van der Waals surface area contributed by atoms with Gasteiger partial charge in [-0.2, -0.15) is 0 Å². The third-order valence-electron chi connectivity index (χ3n) is 5.53. The predicted molar refractivity (Wildman–Crippen MR) is 117 cm³/mol. The zero-order valence-electron chi connectivity index (χ0n) is 18.0. The molecule has 0 radical (unpaired) electrons. The molecule has 3 heterocycles. The summed E-state index contributed by atoms with van der Waals surface area (Å²) in [4.78, 5) is 21.3. The number of rotatable bonds is 7. The number of likely N-dealkylation sites (N-methyl/N-ethyl adjacent to an activating group) is 2. The monoisotopic (exact) mass is 408 g/mol. The second-order valence-corrected chi connectivity index (χ2v) is 7.73. The maximum absolute atomic E-state index is 12.8. The van der Waals surface area contributed by atoms with Crippen molar-refractivity contribution in [1.29, 1.82) is 0 Å². The molecule has 0 fully saturated rings. The first-order chi connectivity index (χ1) is 14.5. The lowest BCUT2D eigenvalue weighted by Gasteiger charge is -2.29. The number of methoxy groups -OCH3 is 1. The summed E-state index contributed by atoms with van der Waals surface area (Å²) in [5, 5.41) is 0. The highest BCUT2D eigenvalue weighted by Gasteiger charge is 2.28. The molecule has 4 rings (SSSR count). The molecule has 0 aliphatic carbocycles. The first kappa shape index (κ1) is 20.2. The van der Waals surface area contributed by atoms with Crippen molar-refractivity contribution in [1.82, 2.24) is 19.2 Å². The molecule has 158 valence electrons. The lowest BCUT2D eigenvalue weighted by Crippen LogP contribution is -2.37. The molecular formula is C23H28N4O3. The van der Waals surface area contributed by atoms with Gasteiger partial charge in [0, 0.05) is 37.5 Å². The Morgan fingerprint density at radius 1 is 1.23 bits per heavy atom. The maximum atomic E-state index is 12.8. The summed E-state index contributed by atoms with van der Waals surface area (Å²) in [5.41, 5.74) is 4.46. The van der Waals surface area contributed by atoms with E-state index in [0.29, 0.717) is 24.5 Å². The molecule has 0 saturated heterocycles. The fourth-order valence-electron chi connectivity index (χ4n) is 3.85. The van der Waals surface area contributed by atoms with Crippen molar-refractivity contribution in [3.8, 4) is 22.8 Å². The Balaban J connectivity index is 1.68. The Labute approximate surface area is 176 Å². The van der Waals surface area contributed by atoms with Crippen molar-refractivity contribution in [2.24, 2.45) is 0 Å². The van der Waals surface area contributed by atoms with Crippen LogP contribution in [0.3, 0.4) is 0 Å². The molecule has 1 amide bonds. The van der Waals surface area contributed by atoms with Crippen molar-refractivity contribution in [2.45, 2.75) is 13.3 Å². The maximum Gasteiger partial charge on any atom is 0.257 e. The molecule has 0 N–H and O–H groups in total. The largest absolute Gasteiger partial charge is 0.496 e. The molecule has 0 saturated carbocycles. The van der Waals surface area contributed by atoms with Gasteiger partial charge in [-0.3, -0.25) is 9.20 Å². The number of nitrogens with zero attached hydrogens (tertiary/aromatic N) is 4. The number of ether oxygens (including phenoxy) is 2. The lowest BCUT2D eigenvalue weighted by molar-refractivity contribution is 0.0745. The molecule has 7 heteroatoms. The number of hydrogen-bond acceptors (Lipinski definition) is 5. The van der Waals surface area contributed by atoms with Crippen LogP contribution in [0.5, 0.6) is 11.5 Å². The van der Waals surface area contributed by atoms with Gasteiger partial charge in [0.25, 0.3) is 5.91 Å². The minimum Gasteiger partial charge on any atom is -0.496 e. The predicted octanol–water partition coefficient (Wildman–Crippen LogP) is 2.97. The minimum atomic E-state index is 0.0415. The molecule has 1 aliphatic rings. The molecule has 1 aliphatic heterocycles. The summed E-state index contributed by atoms with van der Waals surface area (Å²) >= 11 is 0. The van der Waals surface area contributed by atoms with Crippen molar-refractivity contribution < 1.29 is 14.3 Å². The van der Waals surface area contributed by atoms with Crippen LogP contribution in [0.15, 0.2) is 36.7 Å². The highest BCUT2D eigenvalue weighted by Crippen LogP contribution is 2.34. The number of amides is 1. The van der Waals surface area contributed by atoms with Gasteiger partial charge in [-0.05, 0) is 51.2 Å². The van der Waals surface area contributed by atoms with Gasteiger partial charge >= 0.3 is 0 Å². The summed E-state index contributed by atoms with van der Waals surface area (Å²) in [5.74, 6) is 1.46. The lowest BCUT2D eigenvalue weighted by atomic mass is 9.94. The Hall–Kier alpha value is -3.06. The van der Waals surface area contributed by atoms with E-state index in [1.165, 1.54) is 0 Å². The quantitative estimate of drug-likeness (QED) is 0.602. The summed E-state index contributed by atoms with van der Waals surface area (Å²) in [6.07, 6.45) is 4.64. The van der Waals surface area contributed by atoms with Gasteiger partial charge in [-0.15, -0.1) is 0 Å². The summed E-state index contributed by atoms with van der Waals surface area (Å²) in [6, 6.07) is 7.91. The minimum absolute atomic E-state index is 0.0415. The van der Waals surface area contributed by atoms with Crippen LogP contribution in [0, 0.1) is 0 Å². The second-order valence-electron chi connectivity index (χ2n) is 7.73. The Kier molecular flexibility index (Phi) is 5.63. The second kappa shape index (κ2) is 8.36. The average Bonchev–Trinajstić information content (AvgIpc) is 3.16. The first-order valence-corrected chi connectivity index (χ1v) is 10.3. The molecule has 30 heavy (non-hydrogen) atoms. The van der Waals surface area contributed by atoms with Crippen LogP contribution in [0.1, 0.15) is 22.8 Å². The molecule has 0 unspecified atom stereocenters. The summed E-state index contributed by atoms with van der Waals surface area (Å²) < 4.78 is 13.5. The third-order valence-corrected chi connectivity index (χ3v) is 5.53. The number of imidazole rings is 1. The number of fused-ring (bicyclic) bond motifs is 2. The highest BCUT2D eigenvalue weighted by molar-refractivity contribution is 6.00. The van der Waals surface area contributed by atoms with E-state index in [2.05, 4.69) is 16.0 Å². The number of hydrogen-bond donors (Lipinski definition) is 0. The van der Waals surface area contributed by atoms with Crippen molar-refractivity contribution in [2.75, 3.05) is 47.4 Å². The zero-order chi connectivity index (χ0) is 21.3. The molecule has 0 atom stereocenters. The van der Waals surface area contributed by atoms with Crippen molar-refractivity contribution >= 4 is 11.6 Å². The molecular weight excluding hydrogens is 380 g/mol. The van der Waals surface area contributed by atoms with Gasteiger partial charge in [-0.1, -0.05) is 0 Å². The van der Waals surface area contributed by atoms with Gasteiger partial charge < -0.3 is 19.3 Å². The summed E-state index contributed by atoms with van der Waals surface area (Å²) in [7, 11) is 5.66. The number of benzene rings is 1. The van der Waals surface area contributed by atoms with Crippen LogP contribution >= 0.6 is 0 Å². The highest BCUT2D eigenvalue weighted by atomic mass is 16.5. The molecule has 1 aromatic carbocycles. The van der Waals surface area contributed by atoms with Gasteiger partial charge in [0.05, 0.1) is 24.6 Å². The average molecular weight is 409 g/mol. The van der Waals surface area contributed by atoms with E-state index in [1.54, 1.807) is 7.11 Å². The van der Waals surface area contributed by atoms with Crippen LogP contribution in [0.2, 0.25) is 0 Å². The Bertz CT molecular complexity index is 1060. The number of carbonyl (C=O) groups excluding carboxylic acids is 1. The van der Waals surface area contributed by atoms with Crippen molar-refractivity contribution in [3.63, 3.8) is 0 Å². The van der Waals surface area contributed by atoms with Crippen LogP contribution < -0.4 is 9.47 Å². The van der Waals surface area contributed by atoms with Gasteiger partial charge in [0.2, 0.25) is 0 Å². The molecule has 0 bridgehead atoms. The molecule has 7 nitrogen and oxygen atoms in total. The molecule has 0 spiro atoms. The number of aromatic nitrogens is 2. The Morgan fingerprint density at radius 2 is 2.07 bits per heavy atom. The topological polar surface area (TPSA) is 59.3 Å². The molecule has 3 aromatic rings. The normalized spacial score (nSPS) is 13.8. The van der Waals surface area contributed by atoms with Gasteiger partial charge in [0.15, 0.2) is 0 Å². The Morgan fingerprint density at radius 3 is 2.80 bits per heavy atom. The van der Waals surface area contributed by atoms with Gasteiger partial charge in [-0.25, -0.2) is 4.98 Å². The SMILES string of the molecule is CCN1CCc2cc(-c3cnc4cc(OCCN(C)C)ccn34)cc(OC)c2C1=O. The van der Waals surface area contributed by atoms with E-state index in [4.69, 9.17) is 9.47 Å². The fraction of sp³-hybridized carbons (Fsp3) is 0.391. The summed E-state index contributed by atoms with van der Waals surface area (Å²) in [6.45, 7) is 4.92. The van der Waals surface area contributed by atoms with Crippen LogP contribution in [-0.2, 0) is 6.42 Å². The van der Waals surface area contributed by atoms with E-state index in [1.807, 2.05) is 60.9 Å². The van der Waals surface area contributed by atoms with E-state index >= 15 is 0 Å². The third kappa shape index (κ3) is 3.73. The first-order valence-electron chi connectivity index (χ1n) is 10.3. The fourth-order valence-corrected chi connectivity index (χ4v) is 3.85. The molecule has 2 aromatic heterocycles. The van der Waals surface area contributed by atoms with E-state index in [0.717, 1.165) is 47.7 Å². The van der Waals surface area contributed by atoms with E-state index < -0.39 is 0 Å². The van der Waals surface area contributed by atoms with Crippen LogP contribution in [0.4, 0.5) is 0 Å². The number of carbonyl (C=O) groups is 1. The standard InChI is InChI=1S/C23H28N4O3/c1-5-26-8-6-16-12-17(13-20(29-4)22(16)23(26)28)19-15-24-21-14-18(7-9-27(19)21)30-11-10-25(2)3/h7,9,12-15H,5-6,8,10-11H2,1-4H3.